The molecule has 0 spiro atoms. The Kier molecular flexibility index (Phi) is 6.72. The number of piperidine rings is 1. The number of amides is 2. The van der Waals surface area contributed by atoms with Gasteiger partial charge in [-0.2, -0.15) is 0 Å². The number of carbonyl (C=O) groups excluding carboxylic acids is 1. The molecule has 0 saturated carbocycles. The van der Waals surface area contributed by atoms with E-state index in [0.29, 0.717) is 35.2 Å². The lowest BCUT2D eigenvalue weighted by atomic mass is 9.96. The van der Waals surface area contributed by atoms with Gasteiger partial charge in [0, 0.05) is 25.1 Å². The molecule has 4 rings (SSSR count). The first-order valence-corrected chi connectivity index (χ1v) is 10.8. The maximum atomic E-state index is 13.0. The van der Waals surface area contributed by atoms with E-state index in [1.54, 1.807) is 28.8 Å². The van der Waals surface area contributed by atoms with E-state index in [-0.39, 0.29) is 37.2 Å². The first-order valence-electron chi connectivity index (χ1n) is 10.8. The number of rotatable bonds is 6. The number of alkyl halides is 3. The summed E-state index contributed by atoms with van der Waals surface area (Å²) < 4.78 is 48.9. The van der Waals surface area contributed by atoms with E-state index < -0.39 is 18.4 Å². The Bertz CT molecular complexity index is 1240. The van der Waals surface area contributed by atoms with Crippen molar-refractivity contribution >= 4 is 29.0 Å². The lowest BCUT2D eigenvalue weighted by molar-refractivity contribution is -0.274. The topological polar surface area (TPSA) is 106 Å². The molecule has 0 bridgehead atoms. The molecular formula is C23H23F3N4O5. The number of nitrogens with zero attached hydrogens (tertiary/aromatic N) is 3. The average molecular weight is 492 g/mol. The zero-order chi connectivity index (χ0) is 25.2. The summed E-state index contributed by atoms with van der Waals surface area (Å²) in [5.41, 5.74) is 1.68. The summed E-state index contributed by atoms with van der Waals surface area (Å²) in [6.45, 7) is 0.630. The Balaban J connectivity index is 1.61. The Hall–Kier alpha value is -3.96. The number of imidazole rings is 1. The summed E-state index contributed by atoms with van der Waals surface area (Å²) in [7, 11) is 1.51. The van der Waals surface area contributed by atoms with E-state index in [9.17, 15) is 22.8 Å². The first-order chi connectivity index (χ1) is 16.6. The number of ether oxygens (including phenoxy) is 2. The quantitative estimate of drug-likeness (QED) is 0.531. The molecule has 0 unspecified atom stereocenters. The normalized spacial score (nSPS) is 14.7. The van der Waals surface area contributed by atoms with Crippen LogP contribution in [0.15, 0.2) is 42.5 Å². The smallest absolute Gasteiger partial charge is 0.497 e. The molecule has 12 heteroatoms. The fourth-order valence-electron chi connectivity index (χ4n) is 4.06. The van der Waals surface area contributed by atoms with E-state index in [4.69, 9.17) is 9.84 Å². The van der Waals surface area contributed by atoms with E-state index in [0.717, 1.165) is 0 Å². The summed E-state index contributed by atoms with van der Waals surface area (Å²) in [5, 5.41) is 11.9. The second-order valence-corrected chi connectivity index (χ2v) is 8.10. The zero-order valence-corrected chi connectivity index (χ0v) is 18.7. The van der Waals surface area contributed by atoms with Gasteiger partial charge < -0.3 is 24.0 Å². The molecule has 1 aliphatic rings. The Morgan fingerprint density at radius 1 is 1.14 bits per heavy atom. The first kappa shape index (κ1) is 24.2. The predicted octanol–water partition coefficient (Wildman–Crippen LogP) is 4.32. The third-order valence-corrected chi connectivity index (χ3v) is 5.80. The monoisotopic (exact) mass is 492 g/mol. The van der Waals surface area contributed by atoms with Gasteiger partial charge in [-0.3, -0.25) is 10.1 Å². The van der Waals surface area contributed by atoms with E-state index in [1.165, 1.54) is 30.2 Å². The van der Waals surface area contributed by atoms with Crippen LogP contribution in [-0.4, -0.2) is 58.1 Å². The molecule has 35 heavy (non-hydrogen) atoms. The minimum absolute atomic E-state index is 0.116. The number of halogens is 3. The molecule has 2 aromatic carbocycles. The summed E-state index contributed by atoms with van der Waals surface area (Å²) in [6.07, 6.45) is -5.07. The second-order valence-electron chi connectivity index (χ2n) is 8.10. The fraction of sp³-hybridized carbons (Fsp3) is 0.348. The molecule has 3 aromatic rings. The van der Waals surface area contributed by atoms with Gasteiger partial charge in [-0.15, -0.1) is 13.2 Å². The molecule has 2 amide bonds. The lowest BCUT2D eigenvalue weighted by Gasteiger charge is -2.29. The number of methoxy groups -OCH3 is 1. The Morgan fingerprint density at radius 2 is 1.89 bits per heavy atom. The van der Waals surface area contributed by atoms with Gasteiger partial charge in [-0.25, -0.2) is 9.78 Å². The number of aromatic nitrogens is 2. The SMILES string of the molecule is COc1ccc2c(c1)nc(NC(=O)C1CCN(C(=O)O)CC1)n2Cc1cccc(OC(F)(F)F)c1. The van der Waals surface area contributed by atoms with Crippen LogP contribution in [0.3, 0.4) is 0 Å². The largest absolute Gasteiger partial charge is 0.573 e. The molecule has 1 aliphatic heterocycles. The maximum Gasteiger partial charge on any atom is 0.573 e. The molecule has 1 aromatic heterocycles. The van der Waals surface area contributed by atoms with Crippen molar-refractivity contribution in [3.8, 4) is 11.5 Å². The Morgan fingerprint density at radius 3 is 2.54 bits per heavy atom. The van der Waals surface area contributed by atoms with Gasteiger partial charge in [-0.05, 0) is 42.7 Å². The van der Waals surface area contributed by atoms with Crippen molar-refractivity contribution in [2.45, 2.75) is 25.7 Å². The van der Waals surface area contributed by atoms with Crippen LogP contribution in [0, 0.1) is 5.92 Å². The van der Waals surface area contributed by atoms with E-state index in [1.807, 2.05) is 0 Å². The molecule has 2 N–H and O–H groups in total. The highest BCUT2D eigenvalue weighted by Crippen LogP contribution is 2.28. The van der Waals surface area contributed by atoms with Crippen molar-refractivity contribution in [3.63, 3.8) is 0 Å². The van der Waals surface area contributed by atoms with Crippen molar-refractivity contribution < 1.29 is 37.3 Å². The average Bonchev–Trinajstić information content (AvgIpc) is 3.14. The van der Waals surface area contributed by atoms with E-state index in [2.05, 4.69) is 15.0 Å². The highest BCUT2D eigenvalue weighted by atomic mass is 19.4. The van der Waals surface area contributed by atoms with Gasteiger partial charge in [0.25, 0.3) is 0 Å². The maximum absolute atomic E-state index is 13.0. The highest BCUT2D eigenvalue weighted by Gasteiger charge is 2.31. The molecule has 0 radical (unpaired) electrons. The van der Waals surface area contributed by atoms with Crippen LogP contribution in [0.4, 0.5) is 23.9 Å². The number of carbonyl (C=O) groups is 2. The number of nitrogens with one attached hydrogen (secondary N) is 1. The standard InChI is InChI=1S/C23H23F3N4O5/c1-34-16-5-6-19-18(12-16)27-21(28-20(31)15-7-9-29(10-8-15)22(32)33)30(19)13-14-3-2-4-17(11-14)35-23(24,25)26/h2-6,11-12,15H,7-10,13H2,1H3,(H,32,33)(H,27,28,31). The summed E-state index contributed by atoms with van der Waals surface area (Å²) in [4.78, 5) is 29.9. The van der Waals surface area contributed by atoms with Crippen molar-refractivity contribution in [1.82, 2.24) is 14.5 Å². The second kappa shape index (κ2) is 9.72. The van der Waals surface area contributed by atoms with Gasteiger partial charge in [0.1, 0.15) is 11.5 Å². The minimum atomic E-state index is -4.81. The minimum Gasteiger partial charge on any atom is -0.497 e. The number of likely N-dealkylation sites (tertiary alicyclic amines) is 1. The van der Waals surface area contributed by atoms with Crippen LogP contribution in [0.25, 0.3) is 11.0 Å². The molecule has 9 nitrogen and oxygen atoms in total. The van der Waals surface area contributed by atoms with Gasteiger partial charge in [0.15, 0.2) is 0 Å². The third kappa shape index (κ3) is 5.76. The van der Waals surface area contributed by atoms with Gasteiger partial charge >= 0.3 is 12.5 Å². The molecule has 0 aliphatic carbocycles. The number of benzene rings is 2. The highest BCUT2D eigenvalue weighted by molar-refractivity contribution is 5.93. The van der Waals surface area contributed by atoms with Gasteiger partial charge in [0.2, 0.25) is 11.9 Å². The Labute approximate surface area is 198 Å². The van der Waals surface area contributed by atoms with Crippen LogP contribution in [0.2, 0.25) is 0 Å². The summed E-state index contributed by atoms with van der Waals surface area (Å²) in [5.74, 6) is -0.260. The molecule has 0 atom stereocenters. The van der Waals surface area contributed by atoms with Gasteiger partial charge in [0.05, 0.1) is 24.7 Å². The third-order valence-electron chi connectivity index (χ3n) is 5.80. The van der Waals surface area contributed by atoms with Gasteiger partial charge in [-0.1, -0.05) is 12.1 Å². The number of anilines is 1. The molecule has 1 fully saturated rings. The molecule has 2 heterocycles. The number of fused-ring (bicyclic) bond motifs is 1. The number of carboxylic acid groups (broad SMARTS) is 1. The van der Waals surface area contributed by atoms with Crippen LogP contribution < -0.4 is 14.8 Å². The lowest BCUT2D eigenvalue weighted by Crippen LogP contribution is -2.40. The summed E-state index contributed by atoms with van der Waals surface area (Å²) >= 11 is 0. The number of hydrogen-bond donors (Lipinski definition) is 2. The number of hydrogen-bond acceptors (Lipinski definition) is 5. The zero-order valence-electron chi connectivity index (χ0n) is 18.7. The van der Waals surface area contributed by atoms with Crippen LogP contribution in [0.1, 0.15) is 18.4 Å². The van der Waals surface area contributed by atoms with Crippen LogP contribution >= 0.6 is 0 Å². The molecular weight excluding hydrogens is 469 g/mol. The van der Waals surface area contributed by atoms with Crippen molar-refractivity contribution in [1.29, 1.82) is 0 Å². The van der Waals surface area contributed by atoms with Crippen LogP contribution in [-0.2, 0) is 11.3 Å². The van der Waals surface area contributed by atoms with Crippen molar-refractivity contribution in [3.05, 3.63) is 48.0 Å². The van der Waals surface area contributed by atoms with Crippen molar-refractivity contribution in [2.75, 3.05) is 25.5 Å². The van der Waals surface area contributed by atoms with E-state index >= 15 is 0 Å². The fourth-order valence-corrected chi connectivity index (χ4v) is 4.06. The molecule has 1 saturated heterocycles. The molecule has 186 valence electrons. The van der Waals surface area contributed by atoms with Crippen LogP contribution in [0.5, 0.6) is 11.5 Å². The summed E-state index contributed by atoms with van der Waals surface area (Å²) in [6, 6.07) is 10.7. The predicted molar refractivity (Wildman–Crippen MR) is 119 cm³/mol. The van der Waals surface area contributed by atoms with Crippen molar-refractivity contribution in [2.24, 2.45) is 5.92 Å².